The highest BCUT2D eigenvalue weighted by Crippen LogP contribution is 2.39. The zero-order valence-electron chi connectivity index (χ0n) is 39.8. The van der Waals surface area contributed by atoms with E-state index in [0.717, 1.165) is 22.5 Å². The van der Waals surface area contributed by atoms with Crippen molar-refractivity contribution < 1.29 is 50.2 Å². The Morgan fingerprint density at radius 1 is 0.694 bits per heavy atom. The lowest BCUT2D eigenvalue weighted by Crippen LogP contribution is -2.39. The molecule has 4 aromatic carbocycles. The maximum atomic E-state index is 13.2. The molecule has 0 fully saturated rings. The minimum atomic E-state index is -4.44. The van der Waals surface area contributed by atoms with Gasteiger partial charge in [-0.3, -0.25) is 14.4 Å². The number of nitrogens with two attached hydrogens (primary N) is 1. The van der Waals surface area contributed by atoms with Crippen LogP contribution in [0, 0.1) is 11.8 Å². The first-order chi connectivity index (χ1) is 33.3. The number of ketones is 1. The molecule has 4 N–H and O–H groups in total. The number of anilines is 1. The molecule has 0 aliphatic heterocycles. The molecule has 3 atom stereocenters. The lowest BCUT2D eigenvalue weighted by atomic mass is 9.99. The van der Waals surface area contributed by atoms with Crippen LogP contribution in [0.2, 0.25) is 20.1 Å². The van der Waals surface area contributed by atoms with Crippen molar-refractivity contribution in [2.45, 2.75) is 95.6 Å². The lowest BCUT2D eigenvalue weighted by Gasteiger charge is -2.24. The number of nitrogens with zero attached hydrogens (tertiary/aromatic N) is 1. The second-order valence-electron chi connectivity index (χ2n) is 18.0. The van der Waals surface area contributed by atoms with Gasteiger partial charge in [-0.1, -0.05) is 140 Å². The highest BCUT2D eigenvalue weighted by Gasteiger charge is 2.35. The number of hydrogen-bond acceptors (Lipinski definition) is 9. The van der Waals surface area contributed by atoms with E-state index in [1.807, 2.05) is 81.4 Å². The molecule has 0 amide bonds. The summed E-state index contributed by atoms with van der Waals surface area (Å²) in [4.78, 5) is 40.0. The molecule has 392 valence electrons. The molecule has 0 aliphatic carbocycles. The Morgan fingerprint density at radius 3 is 1.60 bits per heavy atom. The molecule has 0 saturated carbocycles. The van der Waals surface area contributed by atoms with Crippen LogP contribution in [0.1, 0.15) is 75.1 Å². The molecule has 0 spiro atoms. The van der Waals surface area contributed by atoms with Crippen LogP contribution in [-0.2, 0) is 38.3 Å². The molecule has 0 aliphatic rings. The number of ether oxygens (including phenoxy) is 2. The van der Waals surface area contributed by atoms with Crippen LogP contribution in [-0.4, -0.2) is 69.3 Å². The zero-order valence-corrected chi connectivity index (χ0v) is 46.0. The Morgan fingerprint density at radius 2 is 1.17 bits per heavy atom. The van der Waals surface area contributed by atoms with E-state index in [9.17, 15) is 40.7 Å². The highest BCUT2D eigenvalue weighted by atomic mass is 79.9. The molecule has 3 unspecified atom stereocenters. The van der Waals surface area contributed by atoms with Gasteiger partial charge in [-0.2, -0.15) is 26.3 Å². The van der Waals surface area contributed by atoms with Crippen LogP contribution in [0.25, 0.3) is 10.4 Å². The van der Waals surface area contributed by atoms with Crippen molar-refractivity contribution in [3.05, 3.63) is 140 Å². The number of benzene rings is 4. The largest absolute Gasteiger partial charge is 0.460 e. The Kier molecular flexibility index (Phi) is 24.1. The summed E-state index contributed by atoms with van der Waals surface area (Å²) in [5.41, 5.74) is 6.72. The second-order valence-corrected chi connectivity index (χ2v) is 22.1. The van der Waals surface area contributed by atoms with Crippen molar-refractivity contribution in [1.29, 1.82) is 0 Å². The number of aromatic nitrogens is 1. The molecular weight excluding hydrogens is 1140 g/mol. The molecule has 1 heterocycles. The van der Waals surface area contributed by atoms with Crippen molar-refractivity contribution in [2.24, 2.45) is 17.6 Å². The predicted octanol–water partition coefficient (Wildman–Crippen LogP) is 14.7. The van der Waals surface area contributed by atoms with Crippen LogP contribution < -0.4 is 16.4 Å². The maximum absolute atomic E-state index is 13.2. The number of hydrogen-bond donors (Lipinski definition) is 3. The van der Waals surface area contributed by atoms with Crippen molar-refractivity contribution in [1.82, 2.24) is 10.3 Å². The number of thiazole rings is 1. The molecule has 0 bridgehead atoms. The Hall–Kier alpha value is -4.17. The predicted molar refractivity (Wildman–Crippen MR) is 284 cm³/mol. The Bertz CT molecular complexity index is 2580. The van der Waals surface area contributed by atoms with Gasteiger partial charge in [0.1, 0.15) is 11.2 Å². The zero-order chi connectivity index (χ0) is 54.2. The van der Waals surface area contributed by atoms with Gasteiger partial charge in [-0.15, -0.1) is 0 Å². The van der Waals surface area contributed by atoms with Gasteiger partial charge in [0.25, 0.3) is 0 Å². The number of thiocarbonyl (C=S) groups is 1. The number of nitrogens with one attached hydrogen (secondary N) is 2. The first kappa shape index (κ1) is 62.1. The summed E-state index contributed by atoms with van der Waals surface area (Å²) in [5.74, 6) is -2.21. The molecule has 5 rings (SSSR count). The number of rotatable bonds is 16. The standard InChI is InChI=1S/C25H25Cl2F3N2O2S.C15H22N2O2S.C10H6BrCl2F3O/c1-24(2,3)34-22(33)17(11-15-7-5-4-6-8-15)14-31-23-32-20(13-25(28,29)30)21(35-23)16-9-10-18(26)19(27)12-16;1-15(2,3)19-13(18)12(10-17-14(16)20)9-11-7-5-4-6-8-11;11-6(4-10(14,15)16)9(17)5-1-2-7(12)8(13)3-5/h4-10,12,17H,11,13-14H2,1-3H3,(H,31,32);4-8,12H,9-10H2,1-3H3,(H3,16,17,20);1-3,6H,4H2. The minimum Gasteiger partial charge on any atom is -0.460 e. The molecular formula is C50H53BrCl4F6N4O5S2. The average molecular weight is 1190 g/mol. The second kappa shape index (κ2) is 27.9. The number of carbonyl (C=O) groups is 3. The summed E-state index contributed by atoms with van der Waals surface area (Å²) in [6, 6.07) is 27.8. The van der Waals surface area contributed by atoms with E-state index in [1.165, 1.54) is 30.3 Å². The molecule has 9 nitrogen and oxygen atoms in total. The Balaban J connectivity index is 0.000000313. The third-order valence-electron chi connectivity index (χ3n) is 9.30. The van der Waals surface area contributed by atoms with Crippen LogP contribution >= 0.6 is 85.9 Å². The van der Waals surface area contributed by atoms with Gasteiger partial charge in [0.05, 0.1) is 60.2 Å². The van der Waals surface area contributed by atoms with Crippen LogP contribution in [0.4, 0.5) is 31.5 Å². The molecule has 0 radical (unpaired) electrons. The van der Waals surface area contributed by atoms with E-state index in [2.05, 4.69) is 31.5 Å². The van der Waals surface area contributed by atoms with Gasteiger partial charge in [-0.25, -0.2) is 4.98 Å². The van der Waals surface area contributed by atoms with Gasteiger partial charge in [-0.05, 0) is 114 Å². The summed E-state index contributed by atoms with van der Waals surface area (Å²) in [7, 11) is 0. The molecule has 5 aromatic rings. The average Bonchev–Trinajstić information content (AvgIpc) is 3.65. The quantitative estimate of drug-likeness (QED) is 0.0288. The van der Waals surface area contributed by atoms with E-state index in [1.54, 1.807) is 26.8 Å². The fraction of sp³-hybridized carbons (Fsp3) is 0.380. The summed E-state index contributed by atoms with van der Waals surface area (Å²) in [6.07, 6.45) is -10.3. The van der Waals surface area contributed by atoms with E-state index in [0.29, 0.717) is 34.8 Å². The van der Waals surface area contributed by atoms with Crippen LogP contribution in [0.5, 0.6) is 0 Å². The maximum Gasteiger partial charge on any atom is 0.394 e. The van der Waals surface area contributed by atoms with Gasteiger partial charge < -0.3 is 25.8 Å². The van der Waals surface area contributed by atoms with E-state index < -0.39 is 58.9 Å². The third kappa shape index (κ3) is 23.8. The molecule has 72 heavy (non-hydrogen) atoms. The number of halogens is 11. The van der Waals surface area contributed by atoms with Gasteiger partial charge >= 0.3 is 24.3 Å². The van der Waals surface area contributed by atoms with Gasteiger partial charge in [0.15, 0.2) is 16.0 Å². The number of alkyl halides is 7. The van der Waals surface area contributed by atoms with Crippen molar-refractivity contribution >= 4 is 114 Å². The number of carbonyl (C=O) groups excluding carboxylic acids is 3. The van der Waals surface area contributed by atoms with Crippen molar-refractivity contribution in [3.8, 4) is 10.4 Å². The van der Waals surface area contributed by atoms with E-state index >= 15 is 0 Å². The summed E-state index contributed by atoms with van der Waals surface area (Å²) >= 11 is 31.9. The molecule has 22 heteroatoms. The third-order valence-corrected chi connectivity index (χ3v) is 12.8. The number of esters is 2. The normalized spacial score (nSPS) is 13.0. The van der Waals surface area contributed by atoms with Crippen molar-refractivity contribution in [3.63, 3.8) is 0 Å². The first-order valence-electron chi connectivity index (χ1n) is 21.8. The van der Waals surface area contributed by atoms with Gasteiger partial charge in [0.2, 0.25) is 0 Å². The fourth-order valence-electron chi connectivity index (χ4n) is 6.21. The molecule has 1 aromatic heterocycles. The van der Waals surface area contributed by atoms with Crippen LogP contribution in [0.15, 0.2) is 97.1 Å². The Labute approximate surface area is 453 Å². The smallest absolute Gasteiger partial charge is 0.394 e. The summed E-state index contributed by atoms with van der Waals surface area (Å²) in [5, 5.41) is 7.26. The monoisotopic (exact) mass is 1190 g/mol. The summed E-state index contributed by atoms with van der Waals surface area (Å²) in [6.45, 7) is 11.4. The van der Waals surface area contributed by atoms with E-state index in [-0.39, 0.29) is 55.0 Å². The van der Waals surface area contributed by atoms with Crippen molar-refractivity contribution in [2.75, 3.05) is 18.4 Å². The number of Topliss-reactive ketones (excluding diaryl/α,β-unsaturated/α-hetero) is 1. The SMILES string of the molecule is CC(C)(C)OC(=O)C(CNC(N)=S)Cc1ccccc1.CC(C)(C)OC(=O)C(CNc1nc(CC(F)(F)F)c(-c2ccc(Cl)c(Cl)c2)s1)Cc1ccccc1.O=C(c1ccc(Cl)c(Cl)c1)C(Br)CC(F)(F)F. The van der Waals surface area contributed by atoms with Gasteiger partial charge in [0, 0.05) is 18.7 Å². The van der Waals surface area contributed by atoms with Crippen LogP contribution in [0.3, 0.4) is 0 Å². The fourth-order valence-corrected chi connectivity index (χ4v) is 8.50. The first-order valence-corrected chi connectivity index (χ1v) is 25.5. The summed E-state index contributed by atoms with van der Waals surface area (Å²) < 4.78 is 87.0. The minimum absolute atomic E-state index is 0.0884. The molecule has 0 saturated heterocycles. The highest BCUT2D eigenvalue weighted by molar-refractivity contribution is 9.10. The lowest BCUT2D eigenvalue weighted by molar-refractivity contribution is -0.160. The topological polar surface area (TPSA) is 133 Å². The van der Waals surface area contributed by atoms with E-state index in [4.69, 9.17) is 73.8 Å².